The molecule has 0 atom stereocenters. The Morgan fingerprint density at radius 3 is 2.32 bits per heavy atom. The van der Waals surface area contributed by atoms with Crippen molar-refractivity contribution < 1.29 is 28.6 Å². The summed E-state index contributed by atoms with van der Waals surface area (Å²) in [6, 6.07) is 19.3. The molecular formula is C26H25NO6S. The predicted molar refractivity (Wildman–Crippen MR) is 131 cm³/mol. The van der Waals surface area contributed by atoms with Gasteiger partial charge in [-0.2, -0.15) is 0 Å². The first-order valence-corrected chi connectivity index (χ1v) is 11.6. The molecule has 3 aromatic carbocycles. The van der Waals surface area contributed by atoms with E-state index < -0.39 is 12.6 Å². The van der Waals surface area contributed by atoms with Crippen molar-refractivity contribution >= 4 is 35.1 Å². The van der Waals surface area contributed by atoms with Gasteiger partial charge in [-0.15, -0.1) is 11.8 Å². The highest BCUT2D eigenvalue weighted by Crippen LogP contribution is 2.29. The van der Waals surface area contributed by atoms with Crippen LogP contribution in [0.3, 0.4) is 0 Å². The number of hydrogen-bond acceptors (Lipinski definition) is 7. The summed E-state index contributed by atoms with van der Waals surface area (Å²) >= 11 is 1.45. The third-order valence-electron chi connectivity index (χ3n) is 4.80. The number of anilines is 1. The van der Waals surface area contributed by atoms with Gasteiger partial charge in [-0.3, -0.25) is 9.59 Å². The Hall–Kier alpha value is -3.78. The summed E-state index contributed by atoms with van der Waals surface area (Å²) in [5.74, 6) is -0.425. The SMILES string of the molecule is COc1cc(C(=O)OCC(=O)c2ccc(SC)c(NC(C)=O)c2)ccc1OCc1ccccc1. The fourth-order valence-electron chi connectivity index (χ4n) is 3.12. The zero-order valence-electron chi connectivity index (χ0n) is 19.1. The maximum Gasteiger partial charge on any atom is 0.338 e. The van der Waals surface area contributed by atoms with Crippen LogP contribution in [0.15, 0.2) is 71.6 Å². The van der Waals surface area contributed by atoms with Crippen LogP contribution in [0.4, 0.5) is 5.69 Å². The van der Waals surface area contributed by atoms with Crippen LogP contribution < -0.4 is 14.8 Å². The average molecular weight is 480 g/mol. The van der Waals surface area contributed by atoms with E-state index in [1.165, 1.54) is 31.9 Å². The largest absolute Gasteiger partial charge is 0.493 e. The monoisotopic (exact) mass is 479 g/mol. The van der Waals surface area contributed by atoms with Crippen LogP contribution in [-0.2, 0) is 16.1 Å². The van der Waals surface area contributed by atoms with E-state index in [-0.39, 0.29) is 17.3 Å². The van der Waals surface area contributed by atoms with Gasteiger partial charge in [0.25, 0.3) is 0 Å². The van der Waals surface area contributed by atoms with E-state index in [1.54, 1.807) is 30.3 Å². The summed E-state index contributed by atoms with van der Waals surface area (Å²) < 4.78 is 16.4. The van der Waals surface area contributed by atoms with Crippen LogP contribution in [0.1, 0.15) is 33.2 Å². The Kier molecular flexibility index (Phi) is 8.70. The summed E-state index contributed by atoms with van der Waals surface area (Å²) in [4.78, 5) is 37.3. The Balaban J connectivity index is 1.64. The molecule has 0 radical (unpaired) electrons. The number of ketones is 1. The molecule has 0 spiro atoms. The average Bonchev–Trinajstić information content (AvgIpc) is 2.85. The summed E-state index contributed by atoms with van der Waals surface area (Å²) in [7, 11) is 1.48. The van der Waals surface area contributed by atoms with Crippen molar-refractivity contribution in [3.05, 3.63) is 83.4 Å². The molecule has 0 aliphatic rings. The second-order valence-electron chi connectivity index (χ2n) is 7.24. The number of thioether (sulfide) groups is 1. The molecule has 0 aliphatic carbocycles. The molecule has 176 valence electrons. The number of ether oxygens (including phenoxy) is 3. The van der Waals surface area contributed by atoms with Crippen molar-refractivity contribution in [3.63, 3.8) is 0 Å². The highest BCUT2D eigenvalue weighted by molar-refractivity contribution is 7.98. The number of rotatable bonds is 10. The van der Waals surface area contributed by atoms with Crippen molar-refractivity contribution in [3.8, 4) is 11.5 Å². The fourth-order valence-corrected chi connectivity index (χ4v) is 3.65. The van der Waals surface area contributed by atoms with Gasteiger partial charge in [0.05, 0.1) is 18.4 Å². The number of benzene rings is 3. The van der Waals surface area contributed by atoms with Crippen LogP contribution in [-0.4, -0.2) is 37.6 Å². The lowest BCUT2D eigenvalue weighted by atomic mass is 10.1. The van der Waals surface area contributed by atoms with E-state index in [9.17, 15) is 14.4 Å². The van der Waals surface area contributed by atoms with Gasteiger partial charge in [0, 0.05) is 17.4 Å². The van der Waals surface area contributed by atoms with E-state index >= 15 is 0 Å². The lowest BCUT2D eigenvalue weighted by Gasteiger charge is -2.12. The summed E-state index contributed by atoms with van der Waals surface area (Å²) in [5, 5.41) is 2.70. The number of amides is 1. The van der Waals surface area contributed by atoms with E-state index in [1.807, 2.05) is 36.6 Å². The zero-order valence-corrected chi connectivity index (χ0v) is 19.9. The number of carbonyl (C=O) groups is 3. The van der Waals surface area contributed by atoms with Gasteiger partial charge in [0.15, 0.2) is 23.9 Å². The van der Waals surface area contributed by atoms with Crippen LogP contribution in [0.25, 0.3) is 0 Å². The van der Waals surface area contributed by atoms with Crippen molar-refractivity contribution in [2.24, 2.45) is 0 Å². The van der Waals surface area contributed by atoms with Crippen LogP contribution in [0.5, 0.6) is 11.5 Å². The first kappa shape index (κ1) is 24.9. The number of hydrogen-bond donors (Lipinski definition) is 1. The van der Waals surface area contributed by atoms with Crippen molar-refractivity contribution in [2.75, 3.05) is 25.3 Å². The third-order valence-corrected chi connectivity index (χ3v) is 5.60. The molecule has 0 bridgehead atoms. The molecule has 0 aliphatic heterocycles. The zero-order chi connectivity index (χ0) is 24.5. The van der Waals surface area contributed by atoms with Gasteiger partial charge in [0.2, 0.25) is 5.91 Å². The summed E-state index contributed by atoms with van der Waals surface area (Å²) in [6.07, 6.45) is 1.87. The minimum absolute atomic E-state index is 0.230. The van der Waals surface area contributed by atoms with Crippen LogP contribution in [0, 0.1) is 0 Å². The Morgan fingerprint density at radius 2 is 1.65 bits per heavy atom. The van der Waals surface area contributed by atoms with Crippen molar-refractivity contribution in [1.29, 1.82) is 0 Å². The standard InChI is InChI=1S/C26H25NO6S/c1-17(28)27-21-13-19(10-12-25(21)34-3)22(29)16-33-26(30)20-9-11-23(24(14-20)31-2)32-15-18-7-5-4-6-8-18/h4-14H,15-16H2,1-3H3,(H,27,28). The molecule has 1 amide bonds. The highest BCUT2D eigenvalue weighted by Gasteiger charge is 2.16. The van der Waals surface area contributed by atoms with Gasteiger partial charge < -0.3 is 19.5 Å². The third kappa shape index (κ3) is 6.62. The minimum atomic E-state index is -0.663. The number of esters is 1. The molecular weight excluding hydrogens is 454 g/mol. The molecule has 0 unspecified atom stereocenters. The molecule has 0 aromatic heterocycles. The van der Waals surface area contributed by atoms with Crippen LogP contribution in [0.2, 0.25) is 0 Å². The molecule has 1 N–H and O–H groups in total. The van der Waals surface area contributed by atoms with E-state index in [4.69, 9.17) is 14.2 Å². The molecule has 3 rings (SSSR count). The minimum Gasteiger partial charge on any atom is -0.493 e. The Labute approximate surface area is 202 Å². The van der Waals surface area contributed by atoms with E-state index in [0.717, 1.165) is 10.5 Å². The number of nitrogens with one attached hydrogen (secondary N) is 1. The first-order valence-electron chi connectivity index (χ1n) is 10.4. The Bertz CT molecular complexity index is 1180. The highest BCUT2D eigenvalue weighted by atomic mass is 32.2. The molecule has 0 heterocycles. The van der Waals surface area contributed by atoms with Crippen LogP contribution >= 0.6 is 11.8 Å². The van der Waals surface area contributed by atoms with Gasteiger partial charge in [-0.05, 0) is 42.2 Å². The topological polar surface area (TPSA) is 90.9 Å². The lowest BCUT2D eigenvalue weighted by molar-refractivity contribution is -0.114. The van der Waals surface area contributed by atoms with Gasteiger partial charge >= 0.3 is 5.97 Å². The molecule has 0 saturated heterocycles. The number of Topliss-reactive ketones (excluding diaryl/α,β-unsaturated/α-hetero) is 1. The normalized spacial score (nSPS) is 10.3. The Morgan fingerprint density at radius 1 is 0.912 bits per heavy atom. The molecule has 8 heteroatoms. The molecule has 0 saturated carbocycles. The van der Waals surface area contributed by atoms with Gasteiger partial charge in [0.1, 0.15) is 6.61 Å². The second-order valence-corrected chi connectivity index (χ2v) is 8.08. The second kappa shape index (κ2) is 11.9. The predicted octanol–water partition coefficient (Wildman–Crippen LogP) is 4.99. The fraction of sp³-hybridized carbons (Fsp3) is 0.192. The molecule has 0 fully saturated rings. The number of methoxy groups -OCH3 is 1. The first-order chi connectivity index (χ1) is 16.4. The van der Waals surface area contributed by atoms with Crippen molar-refractivity contribution in [2.45, 2.75) is 18.4 Å². The maximum atomic E-state index is 12.6. The van der Waals surface area contributed by atoms with Gasteiger partial charge in [-0.25, -0.2) is 4.79 Å². The summed E-state index contributed by atoms with van der Waals surface area (Å²) in [5.41, 5.74) is 2.09. The smallest absolute Gasteiger partial charge is 0.338 e. The molecule has 3 aromatic rings. The van der Waals surface area contributed by atoms with Crippen molar-refractivity contribution in [1.82, 2.24) is 0 Å². The summed E-state index contributed by atoms with van der Waals surface area (Å²) in [6.45, 7) is 1.31. The number of carbonyl (C=O) groups excluding carboxylic acids is 3. The molecule has 34 heavy (non-hydrogen) atoms. The van der Waals surface area contributed by atoms with Gasteiger partial charge in [-0.1, -0.05) is 36.4 Å². The quantitative estimate of drug-likeness (QED) is 0.249. The maximum absolute atomic E-state index is 12.6. The molecule has 7 nitrogen and oxygen atoms in total. The lowest BCUT2D eigenvalue weighted by Crippen LogP contribution is -2.15. The van der Waals surface area contributed by atoms with E-state index in [0.29, 0.717) is 29.4 Å². The van der Waals surface area contributed by atoms with E-state index in [2.05, 4.69) is 5.32 Å².